The van der Waals surface area contributed by atoms with Gasteiger partial charge in [0.2, 0.25) is 0 Å². The van der Waals surface area contributed by atoms with Crippen LogP contribution in [0.5, 0.6) is 0 Å². The van der Waals surface area contributed by atoms with Crippen LogP contribution in [0.4, 0.5) is 10.5 Å². The molecule has 1 N–H and O–H groups in total. The van der Waals surface area contributed by atoms with E-state index in [1.54, 1.807) is 12.1 Å². The van der Waals surface area contributed by atoms with E-state index >= 15 is 0 Å². The standard InChI is InChI=1S/C24H35N3O4/c1-23(2,3)31-22(30)27-10-8-24(9-11-27)16-20(17-24)26-14-12-25(13-15-26)19-6-4-18(5-7-19)21(28)29/h4-7,20H,8-17H2,1-3H3,(H,28,29). The zero-order valence-corrected chi connectivity index (χ0v) is 19.0. The van der Waals surface area contributed by atoms with Crippen molar-refractivity contribution in [1.29, 1.82) is 0 Å². The average molecular weight is 430 g/mol. The Hall–Kier alpha value is -2.28. The lowest BCUT2D eigenvalue weighted by molar-refractivity contribution is -0.0489. The maximum atomic E-state index is 12.3. The molecular formula is C24H35N3O4. The van der Waals surface area contributed by atoms with Crippen LogP contribution in [0, 0.1) is 5.41 Å². The summed E-state index contributed by atoms with van der Waals surface area (Å²) in [5.41, 5.74) is 1.41. The van der Waals surface area contributed by atoms with Gasteiger partial charge in [-0.25, -0.2) is 9.59 Å². The molecular weight excluding hydrogens is 394 g/mol. The van der Waals surface area contributed by atoms with Gasteiger partial charge in [0.15, 0.2) is 0 Å². The number of carboxylic acids is 1. The summed E-state index contributed by atoms with van der Waals surface area (Å²) in [7, 11) is 0. The summed E-state index contributed by atoms with van der Waals surface area (Å²) >= 11 is 0. The molecule has 7 nitrogen and oxygen atoms in total. The summed E-state index contributed by atoms with van der Waals surface area (Å²) in [5.74, 6) is -0.882. The van der Waals surface area contributed by atoms with Crippen molar-refractivity contribution < 1.29 is 19.4 Å². The third kappa shape index (κ3) is 4.97. The number of rotatable bonds is 3. The molecule has 1 saturated carbocycles. The van der Waals surface area contributed by atoms with Crippen LogP contribution in [0.25, 0.3) is 0 Å². The molecule has 3 fully saturated rings. The Morgan fingerprint density at radius 2 is 1.55 bits per heavy atom. The number of hydrogen-bond acceptors (Lipinski definition) is 5. The summed E-state index contributed by atoms with van der Waals surface area (Å²) in [6.07, 6.45) is 4.47. The topological polar surface area (TPSA) is 73.3 Å². The summed E-state index contributed by atoms with van der Waals surface area (Å²) in [4.78, 5) is 30.2. The minimum Gasteiger partial charge on any atom is -0.478 e. The maximum Gasteiger partial charge on any atom is 0.410 e. The zero-order chi connectivity index (χ0) is 22.2. The first-order valence-electron chi connectivity index (χ1n) is 11.4. The van der Waals surface area contributed by atoms with Crippen molar-refractivity contribution >= 4 is 17.7 Å². The molecule has 4 rings (SSSR count). The molecule has 1 aliphatic carbocycles. The van der Waals surface area contributed by atoms with Crippen molar-refractivity contribution in [2.24, 2.45) is 5.41 Å². The van der Waals surface area contributed by atoms with Crippen molar-refractivity contribution in [3.63, 3.8) is 0 Å². The number of likely N-dealkylation sites (tertiary alicyclic amines) is 1. The van der Waals surface area contributed by atoms with Gasteiger partial charge in [-0.3, -0.25) is 4.90 Å². The summed E-state index contributed by atoms with van der Waals surface area (Å²) in [6.45, 7) is 11.4. The predicted octanol–water partition coefficient (Wildman–Crippen LogP) is 3.69. The average Bonchev–Trinajstić information content (AvgIpc) is 2.71. The molecule has 170 valence electrons. The van der Waals surface area contributed by atoms with Gasteiger partial charge in [0.1, 0.15) is 5.60 Å². The summed E-state index contributed by atoms with van der Waals surface area (Å²) < 4.78 is 5.52. The fourth-order valence-electron chi connectivity index (χ4n) is 5.26. The molecule has 2 saturated heterocycles. The van der Waals surface area contributed by atoms with E-state index in [4.69, 9.17) is 9.84 Å². The van der Waals surface area contributed by atoms with Gasteiger partial charge in [0.05, 0.1) is 5.56 Å². The fourth-order valence-corrected chi connectivity index (χ4v) is 5.26. The second-order valence-corrected chi connectivity index (χ2v) is 10.4. The Morgan fingerprint density at radius 1 is 0.968 bits per heavy atom. The zero-order valence-electron chi connectivity index (χ0n) is 19.0. The van der Waals surface area contributed by atoms with Crippen molar-refractivity contribution in [2.75, 3.05) is 44.2 Å². The summed E-state index contributed by atoms with van der Waals surface area (Å²) in [5, 5.41) is 9.06. The van der Waals surface area contributed by atoms with E-state index in [1.165, 1.54) is 12.8 Å². The Labute approximate surface area is 184 Å². The molecule has 0 bridgehead atoms. The highest BCUT2D eigenvalue weighted by molar-refractivity contribution is 5.88. The van der Waals surface area contributed by atoms with E-state index in [1.807, 2.05) is 37.8 Å². The van der Waals surface area contributed by atoms with Gasteiger partial charge in [-0.2, -0.15) is 0 Å². The van der Waals surface area contributed by atoms with Gasteiger partial charge in [-0.1, -0.05) is 0 Å². The van der Waals surface area contributed by atoms with Crippen LogP contribution in [-0.2, 0) is 4.74 Å². The minimum absolute atomic E-state index is 0.175. The number of benzene rings is 1. The highest BCUT2D eigenvalue weighted by Gasteiger charge is 2.48. The smallest absolute Gasteiger partial charge is 0.410 e. The Morgan fingerprint density at radius 3 is 2.06 bits per heavy atom. The fraction of sp³-hybridized carbons (Fsp3) is 0.667. The van der Waals surface area contributed by atoms with Crippen LogP contribution in [-0.4, -0.2) is 77.9 Å². The highest BCUT2D eigenvalue weighted by Crippen LogP contribution is 2.51. The normalized spacial score (nSPS) is 22.3. The Balaban J connectivity index is 1.21. The van der Waals surface area contributed by atoms with Gasteiger partial charge in [0, 0.05) is 51.0 Å². The second kappa shape index (κ2) is 8.34. The largest absolute Gasteiger partial charge is 0.478 e. The first kappa shape index (κ1) is 21.9. The van der Waals surface area contributed by atoms with Crippen LogP contribution in [0.1, 0.15) is 56.8 Å². The number of amides is 1. The van der Waals surface area contributed by atoms with Crippen LogP contribution in [0.3, 0.4) is 0 Å². The minimum atomic E-state index is -0.882. The van der Waals surface area contributed by atoms with E-state index < -0.39 is 11.6 Å². The quantitative estimate of drug-likeness (QED) is 0.790. The number of carbonyl (C=O) groups excluding carboxylic acids is 1. The number of ether oxygens (including phenoxy) is 1. The lowest BCUT2D eigenvalue weighted by Gasteiger charge is -2.56. The third-order valence-corrected chi connectivity index (χ3v) is 7.12. The lowest BCUT2D eigenvalue weighted by atomic mass is 9.60. The van der Waals surface area contributed by atoms with E-state index in [9.17, 15) is 9.59 Å². The number of carbonyl (C=O) groups is 2. The first-order valence-corrected chi connectivity index (χ1v) is 11.4. The molecule has 0 aromatic heterocycles. The van der Waals surface area contributed by atoms with Crippen LogP contribution < -0.4 is 4.90 Å². The molecule has 0 unspecified atom stereocenters. The second-order valence-electron chi connectivity index (χ2n) is 10.4. The van der Waals surface area contributed by atoms with Crippen molar-refractivity contribution in [3.8, 4) is 0 Å². The van der Waals surface area contributed by atoms with E-state index in [-0.39, 0.29) is 6.09 Å². The van der Waals surface area contributed by atoms with Crippen LogP contribution in [0.2, 0.25) is 0 Å². The molecule has 31 heavy (non-hydrogen) atoms. The van der Waals surface area contributed by atoms with Gasteiger partial charge < -0.3 is 19.6 Å². The highest BCUT2D eigenvalue weighted by atomic mass is 16.6. The van der Waals surface area contributed by atoms with Crippen LogP contribution in [0.15, 0.2) is 24.3 Å². The molecule has 0 atom stereocenters. The van der Waals surface area contributed by atoms with E-state index in [0.717, 1.165) is 57.8 Å². The van der Waals surface area contributed by atoms with Crippen molar-refractivity contribution in [2.45, 2.75) is 58.1 Å². The Kier molecular flexibility index (Phi) is 5.90. The van der Waals surface area contributed by atoms with Gasteiger partial charge in [-0.15, -0.1) is 0 Å². The molecule has 1 amide bonds. The molecule has 3 aliphatic rings. The van der Waals surface area contributed by atoms with Crippen LogP contribution >= 0.6 is 0 Å². The molecule has 1 aromatic rings. The van der Waals surface area contributed by atoms with Crippen molar-refractivity contribution in [3.05, 3.63) is 29.8 Å². The van der Waals surface area contributed by atoms with Gasteiger partial charge >= 0.3 is 12.1 Å². The predicted molar refractivity (Wildman–Crippen MR) is 120 cm³/mol. The molecule has 2 aliphatic heterocycles. The first-order chi connectivity index (χ1) is 14.6. The Bertz CT molecular complexity index is 793. The lowest BCUT2D eigenvalue weighted by Crippen LogP contribution is -2.59. The third-order valence-electron chi connectivity index (χ3n) is 7.12. The number of hydrogen-bond donors (Lipinski definition) is 1. The monoisotopic (exact) mass is 429 g/mol. The van der Waals surface area contributed by atoms with Gasteiger partial charge in [0.25, 0.3) is 0 Å². The molecule has 2 heterocycles. The maximum absolute atomic E-state index is 12.3. The number of anilines is 1. The molecule has 7 heteroatoms. The van der Waals surface area contributed by atoms with Gasteiger partial charge in [-0.05, 0) is 76.1 Å². The number of carboxylic acid groups (broad SMARTS) is 1. The number of nitrogens with zero attached hydrogens (tertiary/aromatic N) is 3. The molecule has 0 radical (unpaired) electrons. The summed E-state index contributed by atoms with van der Waals surface area (Å²) in [6, 6.07) is 7.85. The SMILES string of the molecule is CC(C)(C)OC(=O)N1CCC2(CC1)CC(N1CCN(c3ccc(C(=O)O)cc3)CC1)C2. The molecule has 1 spiro atoms. The van der Waals surface area contributed by atoms with E-state index in [2.05, 4.69) is 9.80 Å². The van der Waals surface area contributed by atoms with Crippen molar-refractivity contribution in [1.82, 2.24) is 9.80 Å². The number of piperidine rings is 1. The number of aromatic carboxylic acids is 1. The molecule has 1 aromatic carbocycles. The number of piperazine rings is 1. The van der Waals surface area contributed by atoms with E-state index in [0.29, 0.717) is 17.0 Å².